The molecular formula is C20H25Br2NO3. The first-order chi connectivity index (χ1) is 11.5. The molecule has 0 radical (unpaired) electrons. The zero-order valence-electron chi connectivity index (χ0n) is 15.5. The van der Waals surface area contributed by atoms with Crippen molar-refractivity contribution in [1.29, 1.82) is 0 Å². The van der Waals surface area contributed by atoms with Crippen LogP contribution in [0, 0.1) is 6.92 Å². The molecule has 0 bridgehead atoms. The Kier molecular flexibility index (Phi) is 6.31. The Morgan fingerprint density at radius 3 is 2.46 bits per heavy atom. The van der Waals surface area contributed by atoms with Crippen molar-refractivity contribution in [1.82, 2.24) is 4.90 Å². The van der Waals surface area contributed by atoms with Gasteiger partial charge in [-0.05, 0) is 66.8 Å². The molecule has 0 fully saturated rings. The van der Waals surface area contributed by atoms with E-state index in [1.807, 2.05) is 6.07 Å². The van der Waals surface area contributed by atoms with Crippen LogP contribution in [0.3, 0.4) is 0 Å². The number of likely N-dealkylation sites (N-methyl/N-ethyl adjacent to an activating group) is 1. The molecule has 0 aromatic heterocycles. The quantitative estimate of drug-likeness (QED) is 0.672. The predicted octanol–water partition coefficient (Wildman–Crippen LogP) is 4.63. The third-order valence-corrected chi connectivity index (χ3v) is 5.49. The number of hydrogen-bond donors (Lipinski definition) is 1. The molecule has 2 aromatic carbocycles. The van der Waals surface area contributed by atoms with Gasteiger partial charge in [0.25, 0.3) is 0 Å². The Balaban J connectivity index is 0.00000121. The third-order valence-electron chi connectivity index (χ3n) is 5.49. The Morgan fingerprint density at radius 2 is 1.81 bits per heavy atom. The van der Waals surface area contributed by atoms with Gasteiger partial charge in [-0.3, -0.25) is 4.90 Å². The number of phenols is 1. The first-order valence-corrected chi connectivity index (χ1v) is 8.36. The normalized spacial score (nSPS) is 17.3. The average molecular weight is 487 g/mol. The van der Waals surface area contributed by atoms with Gasteiger partial charge in [-0.2, -0.15) is 0 Å². The number of nitrogens with zero attached hydrogens (tertiary/aromatic N) is 1. The van der Waals surface area contributed by atoms with Gasteiger partial charge >= 0.3 is 0 Å². The molecule has 0 spiro atoms. The topological polar surface area (TPSA) is 41.9 Å². The van der Waals surface area contributed by atoms with Gasteiger partial charge in [0.2, 0.25) is 0 Å². The van der Waals surface area contributed by atoms with Crippen LogP contribution < -0.4 is 9.47 Å². The number of phenolic OH excluding ortho intramolecular Hbond substituents is 1. The van der Waals surface area contributed by atoms with Crippen LogP contribution in [-0.4, -0.2) is 37.8 Å². The van der Waals surface area contributed by atoms with E-state index in [1.54, 1.807) is 14.2 Å². The highest BCUT2D eigenvalue weighted by molar-refractivity contribution is 8.93. The molecule has 1 unspecified atom stereocenters. The summed E-state index contributed by atoms with van der Waals surface area (Å²) < 4.78 is 11.1. The third kappa shape index (κ3) is 3.02. The molecule has 4 nitrogen and oxygen atoms in total. The number of ether oxygens (including phenoxy) is 2. The zero-order valence-corrected chi connectivity index (χ0v) is 18.9. The molecule has 1 aliphatic carbocycles. The largest absolute Gasteiger partial charge is 0.504 e. The lowest BCUT2D eigenvalue weighted by molar-refractivity contribution is 0.226. The Hall–Kier alpha value is -1.24. The lowest BCUT2D eigenvalue weighted by Gasteiger charge is -2.40. The molecule has 0 saturated heterocycles. The summed E-state index contributed by atoms with van der Waals surface area (Å²) in [5.41, 5.74) is 7.11. The number of benzene rings is 2. The lowest BCUT2D eigenvalue weighted by atomic mass is 9.76. The van der Waals surface area contributed by atoms with E-state index in [2.05, 4.69) is 31.0 Å². The van der Waals surface area contributed by atoms with Crippen molar-refractivity contribution >= 4 is 34.0 Å². The summed E-state index contributed by atoms with van der Waals surface area (Å²) >= 11 is 0. The van der Waals surface area contributed by atoms with Crippen molar-refractivity contribution in [2.24, 2.45) is 0 Å². The van der Waals surface area contributed by atoms with Crippen molar-refractivity contribution in [3.8, 4) is 28.4 Å². The summed E-state index contributed by atoms with van der Waals surface area (Å²) in [6.45, 7) is 3.08. The maximum Gasteiger partial charge on any atom is 0.168 e. The van der Waals surface area contributed by atoms with E-state index in [0.717, 1.165) is 41.8 Å². The maximum atomic E-state index is 10.5. The van der Waals surface area contributed by atoms with Crippen molar-refractivity contribution in [3.63, 3.8) is 0 Å². The van der Waals surface area contributed by atoms with Gasteiger partial charge < -0.3 is 14.6 Å². The number of halogens is 2. The highest BCUT2D eigenvalue weighted by atomic mass is 79.9. The van der Waals surface area contributed by atoms with E-state index >= 15 is 0 Å². The second-order valence-corrected chi connectivity index (χ2v) is 6.81. The fourth-order valence-electron chi connectivity index (χ4n) is 4.29. The Bertz CT molecular complexity index is 839. The standard InChI is InChI=1S/C20H23NO3.2BrH/c1-11-7-13-8-15-18-12(5-6-21(15)2)9-16(22)20(24-4)19(18)14(13)10-17(11)23-3;;/h7,9-10,15,22H,5-6,8H2,1-4H3;2*1H. The summed E-state index contributed by atoms with van der Waals surface area (Å²) in [6.07, 6.45) is 1.93. The van der Waals surface area contributed by atoms with E-state index in [-0.39, 0.29) is 39.7 Å². The minimum atomic E-state index is 0. The molecule has 4 rings (SSSR count). The van der Waals surface area contributed by atoms with Crippen molar-refractivity contribution in [2.75, 3.05) is 27.8 Å². The van der Waals surface area contributed by atoms with Crippen molar-refractivity contribution in [3.05, 3.63) is 40.5 Å². The van der Waals surface area contributed by atoms with Crippen molar-refractivity contribution in [2.45, 2.75) is 25.8 Å². The molecule has 1 atom stereocenters. The van der Waals surface area contributed by atoms with Gasteiger partial charge in [0.15, 0.2) is 11.5 Å². The van der Waals surface area contributed by atoms with Gasteiger partial charge in [-0.1, -0.05) is 6.07 Å². The van der Waals surface area contributed by atoms with Crippen LogP contribution >= 0.6 is 34.0 Å². The molecule has 26 heavy (non-hydrogen) atoms. The fraction of sp³-hybridized carbons (Fsp3) is 0.400. The fourth-order valence-corrected chi connectivity index (χ4v) is 4.29. The number of rotatable bonds is 2. The van der Waals surface area contributed by atoms with Crippen LogP contribution in [0.1, 0.15) is 28.3 Å². The Morgan fingerprint density at radius 1 is 1.08 bits per heavy atom. The van der Waals surface area contributed by atoms with Gasteiger partial charge in [-0.15, -0.1) is 34.0 Å². The summed E-state index contributed by atoms with van der Waals surface area (Å²) in [5.74, 6) is 1.67. The zero-order chi connectivity index (χ0) is 17.0. The molecule has 6 heteroatoms. The molecular weight excluding hydrogens is 462 g/mol. The van der Waals surface area contributed by atoms with E-state index in [4.69, 9.17) is 9.47 Å². The molecule has 0 amide bonds. The van der Waals surface area contributed by atoms with E-state index in [0.29, 0.717) is 11.8 Å². The van der Waals surface area contributed by atoms with Gasteiger partial charge in [-0.25, -0.2) is 0 Å². The minimum Gasteiger partial charge on any atom is -0.504 e. The van der Waals surface area contributed by atoms with Gasteiger partial charge in [0.05, 0.1) is 14.2 Å². The molecule has 1 aliphatic heterocycles. The van der Waals surface area contributed by atoms with Gasteiger partial charge in [0.1, 0.15) is 5.75 Å². The highest BCUT2D eigenvalue weighted by Crippen LogP contribution is 2.52. The molecule has 142 valence electrons. The maximum absolute atomic E-state index is 10.5. The van der Waals surface area contributed by atoms with E-state index in [1.165, 1.54) is 16.7 Å². The summed E-state index contributed by atoms with van der Waals surface area (Å²) in [4.78, 5) is 2.41. The van der Waals surface area contributed by atoms with Crippen LogP contribution in [0.15, 0.2) is 18.2 Å². The monoisotopic (exact) mass is 485 g/mol. The van der Waals surface area contributed by atoms with Crippen LogP contribution in [0.25, 0.3) is 11.1 Å². The molecule has 1 N–H and O–H groups in total. The van der Waals surface area contributed by atoms with Crippen LogP contribution in [-0.2, 0) is 12.8 Å². The number of aryl methyl sites for hydroxylation is 1. The van der Waals surface area contributed by atoms with Crippen molar-refractivity contribution < 1.29 is 14.6 Å². The van der Waals surface area contributed by atoms with E-state index in [9.17, 15) is 5.11 Å². The smallest absolute Gasteiger partial charge is 0.168 e. The molecule has 2 aliphatic rings. The first-order valence-electron chi connectivity index (χ1n) is 8.36. The molecule has 2 aromatic rings. The number of aromatic hydroxyl groups is 1. The minimum absolute atomic E-state index is 0. The second kappa shape index (κ2) is 7.79. The van der Waals surface area contributed by atoms with E-state index < -0.39 is 0 Å². The van der Waals surface area contributed by atoms with Crippen LogP contribution in [0.2, 0.25) is 0 Å². The summed E-state index contributed by atoms with van der Waals surface area (Å²) in [6, 6.07) is 6.52. The van der Waals surface area contributed by atoms with Gasteiger partial charge in [0, 0.05) is 18.2 Å². The summed E-state index contributed by atoms with van der Waals surface area (Å²) in [7, 11) is 5.50. The summed E-state index contributed by atoms with van der Waals surface area (Å²) in [5, 5.41) is 10.5. The first kappa shape index (κ1) is 21.1. The number of methoxy groups -OCH3 is 2. The van der Waals surface area contributed by atoms with Crippen LogP contribution in [0.4, 0.5) is 0 Å². The predicted molar refractivity (Wildman–Crippen MR) is 115 cm³/mol. The highest BCUT2D eigenvalue weighted by Gasteiger charge is 2.36. The average Bonchev–Trinajstić information content (AvgIpc) is 2.57. The van der Waals surface area contributed by atoms with Crippen LogP contribution in [0.5, 0.6) is 17.2 Å². The SMILES string of the molecule is Br.Br.COc1cc2c(cc1C)CC1c3c(cc(O)c(OC)c3-2)CCN1C. The lowest BCUT2D eigenvalue weighted by Crippen LogP contribution is -2.35. The Labute approximate surface area is 175 Å². The molecule has 0 saturated carbocycles. The second-order valence-electron chi connectivity index (χ2n) is 6.81. The number of fused-ring (bicyclic) bond motifs is 2. The number of hydrogen-bond acceptors (Lipinski definition) is 4. The molecule has 1 heterocycles.